The minimum atomic E-state index is -4.58. The van der Waals surface area contributed by atoms with Gasteiger partial charge >= 0.3 is 6.18 Å². The number of anilines is 1. The molecule has 1 N–H and O–H groups in total. The number of nitrogens with one attached hydrogen (secondary N) is 1. The summed E-state index contributed by atoms with van der Waals surface area (Å²) in [6.45, 7) is 0. The number of halogens is 3. The Kier molecular flexibility index (Phi) is 3.99. The van der Waals surface area contributed by atoms with E-state index in [0.717, 1.165) is 21.6 Å². The minimum absolute atomic E-state index is 0.0826. The van der Waals surface area contributed by atoms with Crippen LogP contribution in [0.5, 0.6) is 0 Å². The van der Waals surface area contributed by atoms with Gasteiger partial charge in [0.2, 0.25) is 0 Å². The summed E-state index contributed by atoms with van der Waals surface area (Å²) in [5, 5.41) is 9.71. The first kappa shape index (κ1) is 17.3. The Hall–Kier alpha value is -3.14. The summed E-state index contributed by atoms with van der Waals surface area (Å²) >= 11 is 0.955. The molecule has 4 aromatic rings. The molecule has 27 heavy (non-hydrogen) atoms. The highest BCUT2D eigenvalue weighted by Gasteiger charge is 2.37. The molecule has 0 aliphatic carbocycles. The zero-order valence-electron chi connectivity index (χ0n) is 13.7. The van der Waals surface area contributed by atoms with Gasteiger partial charge in [-0.25, -0.2) is 0 Å². The highest BCUT2D eigenvalue weighted by atomic mass is 32.1. The van der Waals surface area contributed by atoms with Crippen LogP contribution in [0.2, 0.25) is 0 Å². The van der Waals surface area contributed by atoms with Gasteiger partial charge in [-0.15, -0.1) is 11.3 Å². The van der Waals surface area contributed by atoms with E-state index in [1.807, 2.05) is 0 Å². The second-order valence-corrected chi connectivity index (χ2v) is 6.74. The lowest BCUT2D eigenvalue weighted by Crippen LogP contribution is -2.10. The van der Waals surface area contributed by atoms with Gasteiger partial charge in [0.15, 0.2) is 11.5 Å². The van der Waals surface area contributed by atoms with Crippen LogP contribution in [0.1, 0.15) is 15.4 Å². The summed E-state index contributed by atoms with van der Waals surface area (Å²) in [5.41, 5.74) is 0.301. The number of alkyl halides is 3. The first-order valence-corrected chi connectivity index (χ1v) is 8.51. The van der Waals surface area contributed by atoms with E-state index < -0.39 is 17.8 Å². The Morgan fingerprint density at radius 1 is 1.22 bits per heavy atom. The van der Waals surface area contributed by atoms with Gasteiger partial charge < -0.3 is 9.84 Å². The lowest BCUT2D eigenvalue weighted by molar-refractivity contribution is -0.140. The van der Waals surface area contributed by atoms with Crippen LogP contribution in [-0.2, 0) is 13.2 Å². The Bertz CT molecular complexity index is 1110. The van der Waals surface area contributed by atoms with E-state index in [0.29, 0.717) is 11.4 Å². The number of thiophene rings is 1. The van der Waals surface area contributed by atoms with Crippen molar-refractivity contribution in [2.24, 2.45) is 7.05 Å². The molecule has 0 saturated carbocycles. The maximum absolute atomic E-state index is 13.1. The van der Waals surface area contributed by atoms with Crippen LogP contribution in [0.25, 0.3) is 21.5 Å². The number of rotatable bonds is 3. The maximum Gasteiger partial charge on any atom is 0.435 e. The van der Waals surface area contributed by atoms with Crippen molar-refractivity contribution >= 4 is 33.1 Å². The zero-order valence-corrected chi connectivity index (χ0v) is 14.6. The monoisotopic (exact) mass is 392 g/mol. The summed E-state index contributed by atoms with van der Waals surface area (Å²) in [5.74, 6) is 0.0984. The van der Waals surface area contributed by atoms with Crippen LogP contribution in [0, 0.1) is 0 Å². The van der Waals surface area contributed by atoms with E-state index in [1.165, 1.54) is 19.3 Å². The molecule has 0 spiro atoms. The molecule has 0 bridgehead atoms. The van der Waals surface area contributed by atoms with E-state index in [4.69, 9.17) is 4.52 Å². The molecule has 0 aliphatic rings. The lowest BCUT2D eigenvalue weighted by atomic mass is 10.1. The third kappa shape index (κ3) is 3.19. The highest BCUT2D eigenvalue weighted by Crippen LogP contribution is 2.37. The first-order chi connectivity index (χ1) is 12.8. The summed E-state index contributed by atoms with van der Waals surface area (Å²) in [6, 6.07) is 9.75. The maximum atomic E-state index is 13.1. The van der Waals surface area contributed by atoms with Crippen LogP contribution in [0.4, 0.5) is 18.9 Å². The van der Waals surface area contributed by atoms with Gasteiger partial charge in [0.25, 0.3) is 5.91 Å². The molecule has 138 valence electrons. The van der Waals surface area contributed by atoms with Gasteiger partial charge in [-0.05, 0) is 30.3 Å². The molecular formula is C17H11F3N4O2S. The molecule has 0 fully saturated rings. The quantitative estimate of drug-likeness (QED) is 0.555. The number of carbonyl (C=O) groups excluding carboxylic acids is 1. The number of aryl methyl sites for hydroxylation is 1. The molecule has 4 rings (SSSR count). The van der Waals surface area contributed by atoms with Crippen LogP contribution < -0.4 is 5.32 Å². The summed E-state index contributed by atoms with van der Waals surface area (Å²) < 4.78 is 45.4. The smallest absolute Gasteiger partial charge is 0.356 e. The van der Waals surface area contributed by atoms with Crippen LogP contribution in [0.3, 0.4) is 0 Å². The predicted molar refractivity (Wildman–Crippen MR) is 93.5 cm³/mol. The number of benzene rings is 1. The topological polar surface area (TPSA) is 73.0 Å². The zero-order chi connectivity index (χ0) is 19.2. The molecule has 0 radical (unpaired) electrons. The number of hydrogen-bond donors (Lipinski definition) is 1. The SMILES string of the molecule is Cn1nc(C(F)(F)F)c2cc(C(=O)Nc3ccc(-c4ccno4)cc3)sc21. The number of aromatic nitrogens is 3. The summed E-state index contributed by atoms with van der Waals surface area (Å²) in [4.78, 5) is 12.9. The number of carbonyl (C=O) groups is 1. The molecule has 3 aromatic heterocycles. The summed E-state index contributed by atoms with van der Waals surface area (Å²) in [7, 11) is 1.41. The second kappa shape index (κ2) is 6.23. The largest absolute Gasteiger partial charge is 0.435 e. The van der Waals surface area contributed by atoms with Crippen molar-refractivity contribution in [1.29, 1.82) is 0 Å². The van der Waals surface area contributed by atoms with E-state index >= 15 is 0 Å². The average molecular weight is 392 g/mol. The van der Waals surface area contributed by atoms with Crippen molar-refractivity contribution in [3.8, 4) is 11.3 Å². The normalized spacial score (nSPS) is 11.9. The fraction of sp³-hybridized carbons (Fsp3) is 0.118. The molecule has 0 saturated heterocycles. The standard InChI is InChI=1S/C17H11F3N4O2S/c1-24-16-11(14(23-24)17(18,19)20)8-13(27-16)15(25)22-10-4-2-9(3-5-10)12-6-7-21-26-12/h2-8H,1H3,(H,22,25). The molecule has 6 nitrogen and oxygen atoms in total. The number of amides is 1. The molecule has 1 aromatic carbocycles. The third-order valence-corrected chi connectivity index (χ3v) is 5.07. The molecule has 3 heterocycles. The molecule has 0 atom stereocenters. The highest BCUT2D eigenvalue weighted by molar-refractivity contribution is 7.20. The summed E-state index contributed by atoms with van der Waals surface area (Å²) in [6.07, 6.45) is -3.05. The van der Waals surface area contributed by atoms with Crippen LogP contribution >= 0.6 is 11.3 Å². The lowest BCUT2D eigenvalue weighted by Gasteiger charge is -2.04. The van der Waals surface area contributed by atoms with Gasteiger partial charge in [0, 0.05) is 29.8 Å². The van der Waals surface area contributed by atoms with Crippen molar-refractivity contribution in [2.45, 2.75) is 6.18 Å². The first-order valence-electron chi connectivity index (χ1n) is 7.69. The van der Waals surface area contributed by atoms with Crippen LogP contribution in [-0.4, -0.2) is 20.8 Å². The van der Waals surface area contributed by atoms with Gasteiger partial charge in [-0.1, -0.05) is 5.16 Å². The Labute approximate surface area is 154 Å². The number of hydrogen-bond acceptors (Lipinski definition) is 5. The molecular weight excluding hydrogens is 381 g/mol. The van der Waals surface area contributed by atoms with E-state index in [1.54, 1.807) is 30.3 Å². The fourth-order valence-corrected chi connectivity index (χ4v) is 3.60. The fourth-order valence-electron chi connectivity index (χ4n) is 2.64. The van der Waals surface area contributed by atoms with E-state index in [-0.39, 0.29) is 15.1 Å². The van der Waals surface area contributed by atoms with Crippen molar-refractivity contribution < 1.29 is 22.5 Å². The van der Waals surface area contributed by atoms with E-state index in [2.05, 4.69) is 15.6 Å². The van der Waals surface area contributed by atoms with Gasteiger partial charge in [-0.2, -0.15) is 18.3 Å². The molecule has 1 amide bonds. The van der Waals surface area contributed by atoms with Gasteiger partial charge in [0.05, 0.1) is 11.1 Å². The van der Waals surface area contributed by atoms with E-state index in [9.17, 15) is 18.0 Å². The van der Waals surface area contributed by atoms with Gasteiger partial charge in [0.1, 0.15) is 4.83 Å². The number of nitrogens with zero attached hydrogens (tertiary/aromatic N) is 3. The van der Waals surface area contributed by atoms with Crippen molar-refractivity contribution in [1.82, 2.24) is 14.9 Å². The van der Waals surface area contributed by atoms with Crippen molar-refractivity contribution in [2.75, 3.05) is 5.32 Å². The Morgan fingerprint density at radius 3 is 2.59 bits per heavy atom. The van der Waals surface area contributed by atoms with Crippen molar-refractivity contribution in [3.63, 3.8) is 0 Å². The van der Waals surface area contributed by atoms with Crippen LogP contribution in [0.15, 0.2) is 47.1 Å². The molecule has 0 aliphatic heterocycles. The Balaban J connectivity index is 1.58. The average Bonchev–Trinajstić information content (AvgIpc) is 3.33. The third-order valence-electron chi connectivity index (χ3n) is 3.87. The minimum Gasteiger partial charge on any atom is -0.356 e. The molecule has 0 unspecified atom stereocenters. The molecule has 10 heteroatoms. The predicted octanol–water partition coefficient (Wildman–Crippen LogP) is 4.56. The van der Waals surface area contributed by atoms with Gasteiger partial charge in [-0.3, -0.25) is 9.48 Å². The van der Waals surface area contributed by atoms with Crippen molar-refractivity contribution in [3.05, 3.63) is 53.2 Å². The number of fused-ring (bicyclic) bond motifs is 1. The second-order valence-electron chi connectivity index (χ2n) is 5.71. The Morgan fingerprint density at radius 2 is 1.96 bits per heavy atom.